The first-order valence-corrected chi connectivity index (χ1v) is 5.89. The summed E-state index contributed by atoms with van der Waals surface area (Å²) in [5, 5.41) is -0.825. The molecule has 0 aliphatic rings. The Morgan fingerprint density at radius 3 is 1.83 bits per heavy atom. The molecule has 4 heteroatoms. The van der Waals surface area contributed by atoms with Gasteiger partial charge in [-0.1, -0.05) is 27.2 Å². The van der Waals surface area contributed by atoms with Crippen molar-refractivity contribution >= 4 is 7.60 Å². The highest BCUT2D eigenvalue weighted by Gasteiger charge is 2.42. The van der Waals surface area contributed by atoms with Gasteiger partial charge in [0.05, 0.1) is 5.16 Å². The summed E-state index contributed by atoms with van der Waals surface area (Å²) < 4.78 is 11.2. The van der Waals surface area contributed by atoms with Crippen molar-refractivity contribution in [3.05, 3.63) is 6.92 Å². The first kappa shape index (κ1) is 12.2. The van der Waals surface area contributed by atoms with Crippen LogP contribution in [0.15, 0.2) is 0 Å². The normalized spacial score (nSPS) is 13.4. The van der Waals surface area contributed by atoms with Gasteiger partial charge in [0.25, 0.3) is 0 Å². The molecule has 3 nitrogen and oxygen atoms in total. The maximum absolute atomic E-state index is 11.2. The van der Waals surface area contributed by atoms with Crippen LogP contribution in [0.2, 0.25) is 0 Å². The molecule has 0 unspecified atom stereocenters. The second-order valence-corrected chi connectivity index (χ2v) is 5.12. The molecule has 0 bridgehead atoms. The fourth-order valence-corrected chi connectivity index (χ4v) is 2.76. The van der Waals surface area contributed by atoms with E-state index < -0.39 is 12.8 Å². The van der Waals surface area contributed by atoms with Crippen molar-refractivity contribution < 1.29 is 14.4 Å². The molecule has 0 saturated heterocycles. The molecular formula is C8H18O3P. The highest BCUT2D eigenvalue weighted by atomic mass is 31.2. The molecule has 0 amide bonds. The van der Waals surface area contributed by atoms with Gasteiger partial charge in [0, 0.05) is 0 Å². The second kappa shape index (κ2) is 4.40. The van der Waals surface area contributed by atoms with Crippen molar-refractivity contribution in [1.29, 1.82) is 0 Å². The summed E-state index contributed by atoms with van der Waals surface area (Å²) in [5.41, 5.74) is 0. The molecule has 0 heterocycles. The van der Waals surface area contributed by atoms with Gasteiger partial charge in [-0.3, -0.25) is 4.57 Å². The van der Waals surface area contributed by atoms with Crippen LogP contribution < -0.4 is 0 Å². The SMILES string of the molecule is [CH2]CCC(CC)(CC)P(=O)(O)O. The molecule has 2 N–H and O–H groups in total. The Bertz CT molecular complexity index is 169. The third-order valence-corrected chi connectivity index (χ3v) is 4.67. The third-order valence-electron chi connectivity index (χ3n) is 2.58. The van der Waals surface area contributed by atoms with E-state index in [2.05, 4.69) is 6.92 Å². The van der Waals surface area contributed by atoms with Crippen molar-refractivity contribution in [2.75, 3.05) is 0 Å². The standard InChI is InChI=1S/C8H18O3P/c1-4-7-8(5-2,6-3)12(9,10)11/h1,4-7H2,2-3H3,(H2,9,10,11). The minimum atomic E-state index is -3.96. The van der Waals surface area contributed by atoms with Gasteiger partial charge >= 0.3 is 7.60 Å². The molecule has 0 atom stereocenters. The van der Waals surface area contributed by atoms with E-state index in [0.29, 0.717) is 25.7 Å². The van der Waals surface area contributed by atoms with E-state index in [1.807, 2.05) is 13.8 Å². The van der Waals surface area contributed by atoms with E-state index >= 15 is 0 Å². The fourth-order valence-electron chi connectivity index (χ4n) is 1.49. The number of rotatable bonds is 5. The highest BCUT2D eigenvalue weighted by molar-refractivity contribution is 7.53. The molecule has 0 spiro atoms. The van der Waals surface area contributed by atoms with E-state index in [1.54, 1.807) is 0 Å². The summed E-state index contributed by atoms with van der Waals surface area (Å²) in [7, 11) is -3.96. The summed E-state index contributed by atoms with van der Waals surface area (Å²) >= 11 is 0. The van der Waals surface area contributed by atoms with Crippen LogP contribution in [0.4, 0.5) is 0 Å². The van der Waals surface area contributed by atoms with E-state index in [-0.39, 0.29) is 0 Å². The predicted molar refractivity (Wildman–Crippen MR) is 49.9 cm³/mol. The lowest BCUT2D eigenvalue weighted by Crippen LogP contribution is -2.26. The van der Waals surface area contributed by atoms with Crippen LogP contribution in [0.25, 0.3) is 0 Å². The Morgan fingerprint density at radius 2 is 1.75 bits per heavy atom. The summed E-state index contributed by atoms with van der Waals surface area (Å²) in [5.74, 6) is 0. The molecule has 0 rings (SSSR count). The van der Waals surface area contributed by atoms with E-state index in [9.17, 15) is 4.57 Å². The van der Waals surface area contributed by atoms with Crippen molar-refractivity contribution in [2.24, 2.45) is 0 Å². The lowest BCUT2D eigenvalue weighted by Gasteiger charge is -2.31. The largest absolute Gasteiger partial charge is 0.331 e. The van der Waals surface area contributed by atoms with Gasteiger partial charge in [-0.2, -0.15) is 0 Å². The lowest BCUT2D eigenvalue weighted by atomic mass is 9.97. The first-order chi connectivity index (χ1) is 5.43. The summed E-state index contributed by atoms with van der Waals surface area (Å²) in [6.45, 7) is 7.27. The summed E-state index contributed by atoms with van der Waals surface area (Å²) in [6, 6.07) is 0. The van der Waals surface area contributed by atoms with Crippen LogP contribution >= 0.6 is 7.60 Å². The minimum Gasteiger partial charge on any atom is -0.324 e. The average Bonchev–Trinajstić information content (AvgIpc) is 1.98. The number of hydrogen-bond donors (Lipinski definition) is 2. The summed E-state index contributed by atoms with van der Waals surface area (Å²) in [4.78, 5) is 18.3. The Labute approximate surface area is 74.3 Å². The zero-order valence-corrected chi connectivity index (χ0v) is 8.68. The number of hydrogen-bond acceptors (Lipinski definition) is 1. The Hall–Kier alpha value is 0.150. The Balaban J connectivity index is 4.70. The van der Waals surface area contributed by atoms with Crippen LogP contribution in [0.1, 0.15) is 39.5 Å². The van der Waals surface area contributed by atoms with Crippen LogP contribution in [-0.2, 0) is 4.57 Å². The molecule has 0 aromatic carbocycles. The average molecular weight is 193 g/mol. The van der Waals surface area contributed by atoms with Crippen LogP contribution in [0.5, 0.6) is 0 Å². The van der Waals surface area contributed by atoms with Crippen LogP contribution in [-0.4, -0.2) is 14.9 Å². The van der Waals surface area contributed by atoms with E-state index in [1.165, 1.54) is 0 Å². The van der Waals surface area contributed by atoms with Gasteiger partial charge in [-0.15, -0.1) is 0 Å². The first-order valence-electron chi connectivity index (χ1n) is 4.28. The highest BCUT2D eigenvalue weighted by Crippen LogP contribution is 2.56. The van der Waals surface area contributed by atoms with Gasteiger partial charge < -0.3 is 9.79 Å². The molecule has 0 saturated carbocycles. The Kier molecular flexibility index (Phi) is 4.46. The maximum atomic E-state index is 11.2. The molecule has 12 heavy (non-hydrogen) atoms. The minimum absolute atomic E-state index is 0.504. The van der Waals surface area contributed by atoms with Crippen LogP contribution in [0, 0.1) is 6.92 Å². The quantitative estimate of drug-likeness (QED) is 0.659. The predicted octanol–water partition coefficient (Wildman–Crippen LogP) is 2.34. The molecule has 0 fully saturated rings. The third kappa shape index (κ3) is 2.32. The van der Waals surface area contributed by atoms with Gasteiger partial charge in [-0.25, -0.2) is 0 Å². The van der Waals surface area contributed by atoms with Gasteiger partial charge in [0.2, 0.25) is 0 Å². The molecule has 0 aromatic rings. The monoisotopic (exact) mass is 193 g/mol. The zero-order valence-electron chi connectivity index (χ0n) is 7.79. The Morgan fingerprint density at radius 1 is 1.33 bits per heavy atom. The molecule has 0 aromatic heterocycles. The molecule has 1 radical (unpaired) electrons. The zero-order chi connectivity index (χ0) is 9.83. The van der Waals surface area contributed by atoms with Crippen molar-refractivity contribution in [1.82, 2.24) is 0 Å². The maximum Gasteiger partial charge on any atom is 0.331 e. The fraction of sp³-hybridized carbons (Fsp3) is 0.875. The van der Waals surface area contributed by atoms with Crippen LogP contribution in [0.3, 0.4) is 0 Å². The van der Waals surface area contributed by atoms with Crippen molar-refractivity contribution in [3.63, 3.8) is 0 Å². The van der Waals surface area contributed by atoms with Crippen molar-refractivity contribution in [2.45, 2.75) is 44.7 Å². The molecule has 0 aliphatic heterocycles. The molecule has 0 aliphatic carbocycles. The lowest BCUT2D eigenvalue weighted by molar-refractivity contribution is 0.305. The van der Waals surface area contributed by atoms with Gasteiger partial charge in [0.1, 0.15) is 0 Å². The smallest absolute Gasteiger partial charge is 0.324 e. The van der Waals surface area contributed by atoms with Gasteiger partial charge in [-0.05, 0) is 19.3 Å². The van der Waals surface area contributed by atoms with E-state index in [0.717, 1.165) is 0 Å². The topological polar surface area (TPSA) is 57.5 Å². The second-order valence-electron chi connectivity index (χ2n) is 3.08. The molecular weight excluding hydrogens is 175 g/mol. The van der Waals surface area contributed by atoms with Gasteiger partial charge in [0.15, 0.2) is 0 Å². The molecule has 73 valence electrons. The van der Waals surface area contributed by atoms with Crippen molar-refractivity contribution in [3.8, 4) is 0 Å². The van der Waals surface area contributed by atoms with E-state index in [4.69, 9.17) is 9.79 Å². The summed E-state index contributed by atoms with van der Waals surface area (Å²) in [6.07, 6.45) is 2.11.